The molecule has 0 aliphatic heterocycles. The molecule has 0 atom stereocenters. The first-order valence-electron chi connectivity index (χ1n) is 10.5. The first-order valence-corrected chi connectivity index (χ1v) is 10.5. The van der Waals surface area contributed by atoms with Crippen molar-refractivity contribution in [3.63, 3.8) is 0 Å². The van der Waals surface area contributed by atoms with E-state index < -0.39 is 0 Å². The van der Waals surface area contributed by atoms with Crippen LogP contribution in [0.3, 0.4) is 0 Å². The van der Waals surface area contributed by atoms with Crippen molar-refractivity contribution < 1.29 is 9.47 Å². The van der Waals surface area contributed by atoms with E-state index >= 15 is 0 Å². The van der Waals surface area contributed by atoms with Crippen LogP contribution < -0.4 is 9.47 Å². The van der Waals surface area contributed by atoms with Gasteiger partial charge in [0, 0.05) is 5.56 Å². The number of hydrogen-bond acceptors (Lipinski definition) is 4. The SMILES string of the molecule is CCc1nc(-c2ccc(C(C)(C)C)cc2OC)c(CC)nc1OC(CC)CC. The molecule has 1 aromatic heterocycles. The van der Waals surface area contributed by atoms with Crippen molar-refractivity contribution in [2.24, 2.45) is 0 Å². The van der Waals surface area contributed by atoms with Crippen molar-refractivity contribution in [3.05, 3.63) is 35.2 Å². The third kappa shape index (κ3) is 4.84. The molecule has 2 rings (SSSR count). The van der Waals surface area contributed by atoms with E-state index in [-0.39, 0.29) is 11.5 Å². The molecule has 28 heavy (non-hydrogen) atoms. The van der Waals surface area contributed by atoms with Gasteiger partial charge in [0.05, 0.1) is 24.6 Å². The summed E-state index contributed by atoms with van der Waals surface area (Å²) in [6, 6.07) is 6.40. The Kier molecular flexibility index (Phi) is 7.45. The van der Waals surface area contributed by atoms with Crippen LogP contribution in [0.4, 0.5) is 0 Å². The van der Waals surface area contributed by atoms with Gasteiger partial charge in [-0.05, 0) is 48.8 Å². The second-order valence-electron chi connectivity index (χ2n) is 8.20. The van der Waals surface area contributed by atoms with Crippen LogP contribution in [0.1, 0.15) is 78.3 Å². The van der Waals surface area contributed by atoms with Crippen LogP contribution in [0, 0.1) is 0 Å². The Morgan fingerprint density at radius 3 is 2.07 bits per heavy atom. The van der Waals surface area contributed by atoms with E-state index in [9.17, 15) is 0 Å². The molecule has 0 unspecified atom stereocenters. The zero-order valence-corrected chi connectivity index (χ0v) is 18.8. The molecule has 0 aliphatic rings. The van der Waals surface area contributed by atoms with E-state index in [1.807, 2.05) is 0 Å². The molecular weight excluding hydrogens is 348 g/mol. The molecule has 2 aromatic rings. The lowest BCUT2D eigenvalue weighted by atomic mass is 9.86. The molecule has 4 heteroatoms. The minimum absolute atomic E-state index is 0.0622. The predicted octanol–water partition coefficient (Wildman–Crippen LogP) is 6.14. The highest BCUT2D eigenvalue weighted by Gasteiger charge is 2.21. The molecule has 0 radical (unpaired) electrons. The predicted molar refractivity (Wildman–Crippen MR) is 116 cm³/mol. The Morgan fingerprint density at radius 1 is 0.929 bits per heavy atom. The summed E-state index contributed by atoms with van der Waals surface area (Å²) in [5, 5.41) is 0. The number of aryl methyl sites for hydroxylation is 2. The minimum atomic E-state index is 0.0622. The molecule has 0 N–H and O–H groups in total. The van der Waals surface area contributed by atoms with E-state index in [0.29, 0.717) is 5.88 Å². The molecule has 0 bridgehead atoms. The van der Waals surface area contributed by atoms with E-state index in [4.69, 9.17) is 19.4 Å². The molecule has 154 valence electrons. The molecule has 0 spiro atoms. The number of hydrogen-bond donors (Lipinski definition) is 0. The van der Waals surface area contributed by atoms with E-state index in [2.05, 4.69) is 66.7 Å². The Balaban J connectivity index is 2.59. The van der Waals surface area contributed by atoms with Crippen molar-refractivity contribution >= 4 is 0 Å². The van der Waals surface area contributed by atoms with Crippen LogP contribution in [0.15, 0.2) is 18.2 Å². The third-order valence-electron chi connectivity index (χ3n) is 5.18. The summed E-state index contributed by atoms with van der Waals surface area (Å²) in [7, 11) is 1.72. The van der Waals surface area contributed by atoms with E-state index in [1.165, 1.54) is 5.56 Å². The molecule has 1 aromatic carbocycles. The van der Waals surface area contributed by atoms with Crippen molar-refractivity contribution in [1.29, 1.82) is 0 Å². The van der Waals surface area contributed by atoms with Gasteiger partial charge in [0.1, 0.15) is 11.4 Å². The monoisotopic (exact) mass is 384 g/mol. The summed E-state index contributed by atoms with van der Waals surface area (Å²) in [6.07, 6.45) is 3.67. The lowest BCUT2D eigenvalue weighted by Crippen LogP contribution is -2.17. The highest BCUT2D eigenvalue weighted by atomic mass is 16.5. The summed E-state index contributed by atoms with van der Waals surface area (Å²) in [6.45, 7) is 15.1. The van der Waals surface area contributed by atoms with Gasteiger partial charge in [0.15, 0.2) is 0 Å². The molecule has 1 heterocycles. The van der Waals surface area contributed by atoms with E-state index in [0.717, 1.165) is 54.1 Å². The summed E-state index contributed by atoms with van der Waals surface area (Å²) in [5.74, 6) is 1.52. The number of rotatable bonds is 8. The quantitative estimate of drug-likeness (QED) is 0.548. The number of aromatic nitrogens is 2. The summed E-state index contributed by atoms with van der Waals surface area (Å²) >= 11 is 0. The Labute approximate surface area is 170 Å². The second-order valence-corrected chi connectivity index (χ2v) is 8.20. The topological polar surface area (TPSA) is 44.2 Å². The number of benzene rings is 1. The first kappa shape index (κ1) is 22.2. The van der Waals surface area contributed by atoms with Crippen molar-refractivity contribution in [2.45, 2.75) is 85.7 Å². The smallest absolute Gasteiger partial charge is 0.236 e. The van der Waals surface area contributed by atoms with Crippen molar-refractivity contribution in [3.8, 4) is 22.9 Å². The lowest BCUT2D eigenvalue weighted by molar-refractivity contribution is 0.181. The summed E-state index contributed by atoms with van der Waals surface area (Å²) < 4.78 is 11.9. The van der Waals surface area contributed by atoms with Gasteiger partial charge in [-0.2, -0.15) is 0 Å². The molecule has 0 amide bonds. The van der Waals surface area contributed by atoms with Gasteiger partial charge in [0.2, 0.25) is 5.88 Å². The molecule has 4 nitrogen and oxygen atoms in total. The summed E-state index contributed by atoms with van der Waals surface area (Å²) in [5.41, 5.74) is 5.04. The molecule has 0 saturated carbocycles. The zero-order valence-electron chi connectivity index (χ0n) is 18.8. The zero-order chi connectivity index (χ0) is 20.9. The van der Waals surface area contributed by atoms with Crippen LogP contribution in [-0.4, -0.2) is 23.2 Å². The largest absolute Gasteiger partial charge is 0.496 e. The van der Waals surface area contributed by atoms with Crippen molar-refractivity contribution in [1.82, 2.24) is 9.97 Å². The average molecular weight is 385 g/mol. The number of nitrogens with zero attached hydrogens (tertiary/aromatic N) is 2. The summed E-state index contributed by atoms with van der Waals surface area (Å²) in [4.78, 5) is 9.87. The van der Waals surface area contributed by atoms with Crippen molar-refractivity contribution in [2.75, 3.05) is 7.11 Å². The molecule has 0 saturated heterocycles. The van der Waals surface area contributed by atoms with Crippen LogP contribution in [-0.2, 0) is 18.3 Å². The maximum atomic E-state index is 6.18. The Hall–Kier alpha value is -2.10. The lowest BCUT2D eigenvalue weighted by Gasteiger charge is -2.22. The molecular formula is C24H36N2O2. The van der Waals surface area contributed by atoms with Crippen LogP contribution in [0.5, 0.6) is 11.6 Å². The maximum absolute atomic E-state index is 6.18. The maximum Gasteiger partial charge on any atom is 0.236 e. The highest BCUT2D eigenvalue weighted by Crippen LogP contribution is 2.36. The van der Waals surface area contributed by atoms with Gasteiger partial charge in [-0.1, -0.05) is 54.5 Å². The van der Waals surface area contributed by atoms with Gasteiger partial charge in [-0.15, -0.1) is 0 Å². The minimum Gasteiger partial charge on any atom is -0.496 e. The van der Waals surface area contributed by atoms with Crippen LogP contribution >= 0.6 is 0 Å². The molecule has 0 aliphatic carbocycles. The highest BCUT2D eigenvalue weighted by molar-refractivity contribution is 5.70. The van der Waals surface area contributed by atoms with Gasteiger partial charge in [-0.25, -0.2) is 9.97 Å². The standard InChI is InChI=1S/C24H36N2O2/c1-9-17(10-2)28-23-20(12-4)25-22(19(11-3)26-23)18-14-13-16(24(5,6)7)15-21(18)27-8/h13-15,17H,9-12H2,1-8H3. The second kappa shape index (κ2) is 9.40. The number of ether oxygens (including phenoxy) is 2. The van der Waals surface area contributed by atoms with Gasteiger partial charge >= 0.3 is 0 Å². The fourth-order valence-electron chi connectivity index (χ4n) is 3.24. The fraction of sp³-hybridized carbons (Fsp3) is 0.583. The average Bonchev–Trinajstić information content (AvgIpc) is 2.70. The normalized spacial score (nSPS) is 11.8. The van der Waals surface area contributed by atoms with Gasteiger partial charge < -0.3 is 9.47 Å². The third-order valence-corrected chi connectivity index (χ3v) is 5.18. The Bertz CT molecular complexity index is 790. The molecule has 0 fully saturated rings. The van der Waals surface area contributed by atoms with Crippen LogP contribution in [0.2, 0.25) is 0 Å². The fourth-order valence-corrected chi connectivity index (χ4v) is 3.24. The Morgan fingerprint density at radius 2 is 1.57 bits per heavy atom. The van der Waals surface area contributed by atoms with Gasteiger partial charge in [-0.3, -0.25) is 0 Å². The van der Waals surface area contributed by atoms with Crippen LogP contribution in [0.25, 0.3) is 11.3 Å². The first-order chi connectivity index (χ1) is 13.3. The number of methoxy groups -OCH3 is 1. The van der Waals surface area contributed by atoms with Gasteiger partial charge in [0.25, 0.3) is 0 Å². The van der Waals surface area contributed by atoms with E-state index in [1.54, 1.807) is 7.11 Å².